The minimum absolute atomic E-state index is 0.481. The van der Waals surface area contributed by atoms with Crippen molar-refractivity contribution in [2.75, 3.05) is 13.1 Å². The molecule has 0 aromatic heterocycles. The van der Waals surface area contributed by atoms with Crippen molar-refractivity contribution in [1.82, 2.24) is 21.3 Å². The van der Waals surface area contributed by atoms with Crippen molar-refractivity contribution in [3.8, 4) is 0 Å². The fraction of sp³-hybridized carbons (Fsp3) is 0.500. The van der Waals surface area contributed by atoms with Crippen molar-refractivity contribution in [1.29, 1.82) is 0 Å². The summed E-state index contributed by atoms with van der Waals surface area (Å²) in [6.07, 6.45) is -1.93. The van der Waals surface area contributed by atoms with Gasteiger partial charge < -0.3 is 49.3 Å². The molecule has 17 heteroatoms. The van der Waals surface area contributed by atoms with Crippen molar-refractivity contribution in [3.05, 3.63) is 0 Å². The third-order valence-electron chi connectivity index (χ3n) is 3.69. The second-order valence-corrected chi connectivity index (χ2v) is 6.63. The molecule has 0 unspecified atom stereocenters. The molecule has 0 saturated carbocycles. The maximum absolute atomic E-state index is 12.5. The van der Waals surface area contributed by atoms with Gasteiger partial charge in [0.25, 0.3) is 0 Å². The normalized spacial score (nSPS) is 12.9. The zero-order valence-electron chi connectivity index (χ0n) is 17.3. The topological polar surface area (TPSA) is 309 Å². The van der Waals surface area contributed by atoms with Gasteiger partial charge in [-0.1, -0.05) is 0 Å². The highest BCUT2D eigenvalue weighted by molar-refractivity contribution is 5.97. The largest absolute Gasteiger partial charge is 0.480 e. The van der Waals surface area contributed by atoms with E-state index in [1.807, 2.05) is 5.32 Å². The molecule has 17 nitrogen and oxygen atoms in total. The Bertz CT molecular complexity index is 816. The van der Waals surface area contributed by atoms with Gasteiger partial charge in [-0.15, -0.1) is 0 Å². The predicted molar refractivity (Wildman–Crippen MR) is 107 cm³/mol. The molecule has 3 atom stereocenters. The first-order chi connectivity index (χ1) is 15.2. The Kier molecular flexibility index (Phi) is 12.1. The van der Waals surface area contributed by atoms with Crippen molar-refractivity contribution < 1.29 is 43.5 Å². The number of aliphatic carboxylic acids is 1. The van der Waals surface area contributed by atoms with Crippen LogP contribution in [0.3, 0.4) is 0 Å². The van der Waals surface area contributed by atoms with E-state index >= 15 is 0 Å². The quantitative estimate of drug-likeness (QED) is 0.108. The van der Waals surface area contributed by atoms with Crippen molar-refractivity contribution in [2.45, 2.75) is 37.4 Å². The molecule has 0 radical (unpaired) electrons. The van der Waals surface area contributed by atoms with Crippen molar-refractivity contribution in [3.63, 3.8) is 0 Å². The van der Waals surface area contributed by atoms with E-state index in [0.29, 0.717) is 0 Å². The van der Waals surface area contributed by atoms with Crippen LogP contribution < -0.4 is 44.2 Å². The Balaban J connectivity index is 5.17. The first-order valence-electron chi connectivity index (χ1n) is 9.20. The monoisotopic (exact) mass is 474 g/mol. The molecule has 0 saturated heterocycles. The molecule has 0 spiro atoms. The molecule has 0 aliphatic heterocycles. The molecule has 0 heterocycles. The maximum atomic E-state index is 12.5. The van der Waals surface area contributed by atoms with Crippen LogP contribution in [0.5, 0.6) is 0 Å². The summed E-state index contributed by atoms with van der Waals surface area (Å²) in [6.45, 7) is -1.53. The molecule has 13 N–H and O–H groups in total. The van der Waals surface area contributed by atoms with Crippen molar-refractivity contribution in [2.24, 2.45) is 22.9 Å². The van der Waals surface area contributed by atoms with E-state index in [1.54, 1.807) is 0 Å². The number of nitrogens with two attached hydrogens (primary N) is 4. The number of primary amides is 3. The zero-order valence-corrected chi connectivity index (χ0v) is 17.3. The minimum atomic E-state index is -1.63. The van der Waals surface area contributed by atoms with Gasteiger partial charge in [0.2, 0.25) is 41.4 Å². The van der Waals surface area contributed by atoms with Gasteiger partial charge >= 0.3 is 5.97 Å². The van der Waals surface area contributed by atoms with Crippen LogP contribution in [-0.2, 0) is 38.4 Å². The first-order valence-corrected chi connectivity index (χ1v) is 9.20. The van der Waals surface area contributed by atoms with Gasteiger partial charge in [0, 0.05) is 0 Å². The summed E-state index contributed by atoms with van der Waals surface area (Å²) in [7, 11) is 0. The molecule has 0 rings (SSSR count). The Hall–Kier alpha value is -4.28. The van der Waals surface area contributed by atoms with E-state index in [9.17, 15) is 38.4 Å². The molecule has 0 aromatic carbocycles. The number of nitrogens with one attached hydrogen (secondary N) is 4. The first kappa shape index (κ1) is 28.7. The average Bonchev–Trinajstić information content (AvgIpc) is 2.67. The summed E-state index contributed by atoms with van der Waals surface area (Å²) < 4.78 is 0. The third kappa shape index (κ3) is 12.9. The van der Waals surface area contributed by atoms with Gasteiger partial charge in [0.15, 0.2) is 0 Å². The molecule has 184 valence electrons. The number of carbonyl (C=O) groups excluding carboxylic acids is 7. The molecular formula is C16H26N8O9. The lowest BCUT2D eigenvalue weighted by Gasteiger charge is -2.22. The number of hydrogen-bond acceptors (Lipinski definition) is 9. The highest BCUT2D eigenvalue weighted by Crippen LogP contribution is 1.98. The number of carboxylic acid groups (broad SMARTS) is 1. The summed E-state index contributed by atoms with van der Waals surface area (Å²) in [5.74, 6) is -8.35. The Morgan fingerprint density at radius 3 is 1.55 bits per heavy atom. The van der Waals surface area contributed by atoms with Crippen LogP contribution in [0.2, 0.25) is 0 Å². The number of rotatable bonds is 15. The van der Waals surface area contributed by atoms with Crippen LogP contribution in [0.4, 0.5) is 0 Å². The second kappa shape index (κ2) is 13.9. The van der Waals surface area contributed by atoms with Gasteiger partial charge in [-0.05, 0) is 0 Å². The third-order valence-corrected chi connectivity index (χ3v) is 3.69. The lowest BCUT2D eigenvalue weighted by molar-refractivity contribution is -0.139. The predicted octanol–water partition coefficient (Wildman–Crippen LogP) is -6.77. The zero-order chi connectivity index (χ0) is 25.7. The summed E-state index contributed by atoms with van der Waals surface area (Å²) in [5, 5.41) is 16.8. The SMILES string of the molecule is NC(=O)C[C@H](NC(=O)CNC(=O)[C@@H](N)CC(N)=O)C(=O)N[C@@H](CC(N)=O)C(=O)NCC(=O)O. The molecule has 0 aliphatic carbocycles. The molecule has 7 amide bonds. The van der Waals surface area contributed by atoms with Gasteiger partial charge in [0.1, 0.15) is 18.6 Å². The van der Waals surface area contributed by atoms with E-state index < -0.39 is 97.8 Å². The fourth-order valence-corrected chi connectivity index (χ4v) is 2.23. The summed E-state index contributed by atoms with van der Waals surface area (Å²) in [4.78, 5) is 92.1. The summed E-state index contributed by atoms with van der Waals surface area (Å²) >= 11 is 0. The van der Waals surface area contributed by atoms with Crippen LogP contribution in [0.25, 0.3) is 0 Å². The standard InChI is InChI=1S/C16H26N8O9/c17-6(1-9(18)25)14(31)21-4-12(28)23-8(3-11(20)27)16(33)24-7(2-10(19)26)15(32)22-5-13(29)30/h6-8H,1-5,17H2,(H2,18,25)(H2,19,26)(H2,20,27)(H,21,31)(H,22,32)(H,23,28)(H,24,33)(H,29,30)/t6-,7-,8-/m0/s1. The van der Waals surface area contributed by atoms with E-state index in [0.717, 1.165) is 0 Å². The van der Waals surface area contributed by atoms with Gasteiger partial charge in [0.05, 0.1) is 31.8 Å². The molecule has 0 bridgehead atoms. The van der Waals surface area contributed by atoms with E-state index in [-0.39, 0.29) is 0 Å². The highest BCUT2D eigenvalue weighted by atomic mass is 16.4. The fourth-order valence-electron chi connectivity index (χ4n) is 2.23. The second-order valence-electron chi connectivity index (χ2n) is 6.63. The van der Waals surface area contributed by atoms with Crippen LogP contribution in [0.1, 0.15) is 19.3 Å². The Labute approximate surface area is 186 Å². The van der Waals surface area contributed by atoms with E-state index in [4.69, 9.17) is 28.0 Å². The number of amides is 7. The summed E-state index contributed by atoms with van der Waals surface area (Å²) in [6, 6.07) is -4.57. The molecular weight excluding hydrogens is 448 g/mol. The lowest BCUT2D eigenvalue weighted by Crippen LogP contribution is -2.56. The Morgan fingerprint density at radius 2 is 1.09 bits per heavy atom. The average molecular weight is 474 g/mol. The van der Waals surface area contributed by atoms with E-state index in [2.05, 4.69) is 16.0 Å². The molecule has 0 aromatic rings. The lowest BCUT2D eigenvalue weighted by atomic mass is 10.1. The van der Waals surface area contributed by atoms with Crippen LogP contribution in [0.15, 0.2) is 0 Å². The molecule has 0 fully saturated rings. The number of carbonyl (C=O) groups is 8. The maximum Gasteiger partial charge on any atom is 0.322 e. The van der Waals surface area contributed by atoms with Crippen LogP contribution in [-0.4, -0.2) is 83.6 Å². The van der Waals surface area contributed by atoms with E-state index in [1.165, 1.54) is 0 Å². The van der Waals surface area contributed by atoms with Crippen LogP contribution >= 0.6 is 0 Å². The van der Waals surface area contributed by atoms with Gasteiger partial charge in [-0.2, -0.15) is 0 Å². The molecule has 33 heavy (non-hydrogen) atoms. The smallest absolute Gasteiger partial charge is 0.322 e. The number of hydrogen-bond donors (Lipinski definition) is 9. The van der Waals surface area contributed by atoms with Crippen LogP contribution in [0, 0.1) is 0 Å². The molecule has 0 aliphatic rings. The van der Waals surface area contributed by atoms with Gasteiger partial charge in [-0.3, -0.25) is 38.4 Å². The minimum Gasteiger partial charge on any atom is -0.480 e. The highest BCUT2D eigenvalue weighted by Gasteiger charge is 2.29. The summed E-state index contributed by atoms with van der Waals surface area (Å²) in [5.41, 5.74) is 20.4. The number of carboxylic acids is 1. The van der Waals surface area contributed by atoms with Crippen molar-refractivity contribution >= 4 is 47.3 Å². The Morgan fingerprint density at radius 1 is 0.636 bits per heavy atom. The van der Waals surface area contributed by atoms with Gasteiger partial charge in [-0.25, -0.2) is 0 Å².